The number of hydrogen-bond acceptors (Lipinski definition) is 2. The number of nitrogens with one attached hydrogen (secondary N) is 1. The minimum Gasteiger partial charge on any atom is -0.308 e. The molecule has 0 saturated heterocycles. The molecule has 1 aromatic carbocycles. The van der Waals surface area contributed by atoms with Crippen molar-refractivity contribution in [3.05, 3.63) is 56.2 Å². The molecule has 2 rings (SSSR count). The van der Waals surface area contributed by atoms with Crippen LogP contribution in [0.5, 0.6) is 0 Å². The molecule has 0 radical (unpaired) electrons. The van der Waals surface area contributed by atoms with E-state index >= 15 is 0 Å². The molecular formula is C12H10BrF2NS. The highest BCUT2D eigenvalue weighted by Crippen LogP contribution is 2.21. The monoisotopic (exact) mass is 317 g/mol. The molecule has 1 nitrogen and oxygen atoms in total. The van der Waals surface area contributed by atoms with Gasteiger partial charge in [0, 0.05) is 23.5 Å². The van der Waals surface area contributed by atoms with Crippen molar-refractivity contribution in [1.82, 2.24) is 5.32 Å². The van der Waals surface area contributed by atoms with E-state index in [2.05, 4.69) is 21.2 Å². The topological polar surface area (TPSA) is 12.0 Å². The Balaban J connectivity index is 2.01. The van der Waals surface area contributed by atoms with Crippen LogP contribution in [0.3, 0.4) is 0 Å². The van der Waals surface area contributed by atoms with Gasteiger partial charge in [-0.2, -0.15) is 0 Å². The molecule has 2 aromatic rings. The molecule has 0 bridgehead atoms. The van der Waals surface area contributed by atoms with Gasteiger partial charge in [0.2, 0.25) is 0 Å². The zero-order valence-corrected chi connectivity index (χ0v) is 11.2. The Morgan fingerprint density at radius 2 is 2.00 bits per heavy atom. The first-order valence-corrected chi connectivity index (χ1v) is 6.71. The summed E-state index contributed by atoms with van der Waals surface area (Å²) in [6, 6.07) is 6.55. The molecule has 0 aliphatic rings. The Kier molecular flexibility index (Phi) is 4.25. The Bertz CT molecular complexity index is 499. The Morgan fingerprint density at radius 1 is 1.18 bits per heavy atom. The van der Waals surface area contributed by atoms with E-state index in [1.54, 1.807) is 11.3 Å². The Labute approximate surface area is 111 Å². The van der Waals surface area contributed by atoms with E-state index in [4.69, 9.17) is 0 Å². The van der Waals surface area contributed by atoms with E-state index < -0.39 is 11.6 Å². The van der Waals surface area contributed by atoms with Crippen LogP contribution in [0.25, 0.3) is 0 Å². The molecule has 0 amide bonds. The molecule has 0 aliphatic carbocycles. The van der Waals surface area contributed by atoms with Gasteiger partial charge in [-0.15, -0.1) is 11.3 Å². The summed E-state index contributed by atoms with van der Waals surface area (Å²) in [5.74, 6) is -1.06. The van der Waals surface area contributed by atoms with Crippen molar-refractivity contribution in [2.75, 3.05) is 0 Å². The highest BCUT2D eigenvalue weighted by molar-refractivity contribution is 9.10. The first kappa shape index (κ1) is 12.7. The van der Waals surface area contributed by atoms with Crippen LogP contribution in [0.4, 0.5) is 8.78 Å². The van der Waals surface area contributed by atoms with Crippen LogP contribution in [0.15, 0.2) is 34.1 Å². The molecule has 0 spiro atoms. The van der Waals surface area contributed by atoms with E-state index in [-0.39, 0.29) is 16.6 Å². The van der Waals surface area contributed by atoms with Crippen LogP contribution in [0.1, 0.15) is 10.4 Å². The Hall–Kier alpha value is -0.780. The zero-order chi connectivity index (χ0) is 12.3. The average molecular weight is 318 g/mol. The summed E-state index contributed by atoms with van der Waals surface area (Å²) in [5.41, 5.74) is 0.0657. The summed E-state index contributed by atoms with van der Waals surface area (Å²) in [7, 11) is 0. The van der Waals surface area contributed by atoms with Gasteiger partial charge in [0.1, 0.15) is 11.6 Å². The van der Waals surface area contributed by atoms with Gasteiger partial charge < -0.3 is 5.32 Å². The summed E-state index contributed by atoms with van der Waals surface area (Å²) >= 11 is 4.65. The summed E-state index contributed by atoms with van der Waals surface area (Å²) in [5, 5.41) is 4.99. The fourth-order valence-corrected chi connectivity index (χ4v) is 2.50. The average Bonchev–Trinajstić information content (AvgIpc) is 2.81. The first-order chi connectivity index (χ1) is 8.18. The van der Waals surface area contributed by atoms with Crippen molar-refractivity contribution >= 4 is 27.3 Å². The highest BCUT2D eigenvalue weighted by atomic mass is 79.9. The smallest absolute Gasteiger partial charge is 0.144 e. The maximum Gasteiger partial charge on any atom is 0.144 e. The van der Waals surface area contributed by atoms with E-state index in [1.165, 1.54) is 12.1 Å². The van der Waals surface area contributed by atoms with E-state index in [9.17, 15) is 8.78 Å². The number of thiophene rings is 1. The van der Waals surface area contributed by atoms with Crippen molar-refractivity contribution in [3.63, 3.8) is 0 Å². The zero-order valence-electron chi connectivity index (χ0n) is 8.84. The standard InChI is InChI=1S/C12H10BrF2NS/c13-10-3-4-11(14)9(12(10)15)7-16-6-8-2-1-5-17-8/h1-5,16H,6-7H2. The third kappa shape index (κ3) is 3.12. The van der Waals surface area contributed by atoms with Crippen molar-refractivity contribution in [2.24, 2.45) is 0 Å². The van der Waals surface area contributed by atoms with Crippen molar-refractivity contribution < 1.29 is 8.78 Å². The SMILES string of the molecule is Fc1ccc(Br)c(F)c1CNCc1cccs1. The number of hydrogen-bond donors (Lipinski definition) is 1. The number of rotatable bonds is 4. The Morgan fingerprint density at radius 3 is 2.71 bits per heavy atom. The van der Waals surface area contributed by atoms with Crippen LogP contribution in [0, 0.1) is 11.6 Å². The lowest BCUT2D eigenvalue weighted by Gasteiger charge is -2.07. The molecule has 5 heteroatoms. The molecule has 0 aliphatic heterocycles. The van der Waals surface area contributed by atoms with E-state index in [0.29, 0.717) is 6.54 Å². The van der Waals surface area contributed by atoms with Gasteiger partial charge in [-0.3, -0.25) is 0 Å². The fourth-order valence-electron chi connectivity index (χ4n) is 1.45. The van der Waals surface area contributed by atoms with Gasteiger partial charge in [0.05, 0.1) is 4.47 Å². The molecule has 1 heterocycles. The molecule has 90 valence electrons. The predicted molar refractivity (Wildman–Crippen MR) is 68.9 cm³/mol. The molecule has 0 unspecified atom stereocenters. The van der Waals surface area contributed by atoms with Gasteiger partial charge in [-0.25, -0.2) is 8.78 Å². The molecule has 0 saturated carbocycles. The quantitative estimate of drug-likeness (QED) is 0.838. The van der Waals surface area contributed by atoms with Gasteiger partial charge in [-0.05, 0) is 39.5 Å². The van der Waals surface area contributed by atoms with Crippen LogP contribution in [-0.4, -0.2) is 0 Å². The van der Waals surface area contributed by atoms with Crippen molar-refractivity contribution in [2.45, 2.75) is 13.1 Å². The molecular weight excluding hydrogens is 308 g/mol. The summed E-state index contributed by atoms with van der Waals surface area (Å²) in [4.78, 5) is 1.14. The fraction of sp³-hybridized carbons (Fsp3) is 0.167. The minimum absolute atomic E-state index is 0.0657. The third-order valence-corrected chi connectivity index (χ3v) is 3.81. The van der Waals surface area contributed by atoms with Crippen molar-refractivity contribution in [1.29, 1.82) is 0 Å². The second-order valence-electron chi connectivity index (χ2n) is 3.50. The lowest BCUT2D eigenvalue weighted by molar-refractivity contribution is 0.532. The lowest BCUT2D eigenvalue weighted by Crippen LogP contribution is -2.14. The highest BCUT2D eigenvalue weighted by Gasteiger charge is 2.11. The first-order valence-electron chi connectivity index (χ1n) is 5.04. The molecule has 17 heavy (non-hydrogen) atoms. The lowest BCUT2D eigenvalue weighted by atomic mass is 10.2. The summed E-state index contributed by atoms with van der Waals surface area (Å²) < 4.78 is 27.3. The van der Waals surface area contributed by atoms with Gasteiger partial charge in [0.25, 0.3) is 0 Å². The van der Waals surface area contributed by atoms with Crippen LogP contribution < -0.4 is 5.32 Å². The van der Waals surface area contributed by atoms with Crippen LogP contribution >= 0.6 is 27.3 Å². The maximum atomic E-state index is 13.6. The van der Waals surface area contributed by atoms with Gasteiger partial charge in [0.15, 0.2) is 0 Å². The van der Waals surface area contributed by atoms with Gasteiger partial charge >= 0.3 is 0 Å². The molecule has 0 fully saturated rings. The molecule has 0 atom stereocenters. The maximum absolute atomic E-state index is 13.6. The predicted octanol–water partition coefficient (Wildman–Crippen LogP) is 4.08. The second kappa shape index (κ2) is 5.71. The van der Waals surface area contributed by atoms with Crippen LogP contribution in [-0.2, 0) is 13.1 Å². The van der Waals surface area contributed by atoms with Crippen molar-refractivity contribution in [3.8, 4) is 0 Å². The molecule has 1 aromatic heterocycles. The number of halogens is 3. The minimum atomic E-state index is -0.538. The number of benzene rings is 1. The van der Waals surface area contributed by atoms with E-state index in [0.717, 1.165) is 4.88 Å². The third-order valence-electron chi connectivity index (χ3n) is 2.32. The molecule has 1 N–H and O–H groups in total. The van der Waals surface area contributed by atoms with Gasteiger partial charge in [-0.1, -0.05) is 6.07 Å². The normalized spacial score (nSPS) is 10.8. The van der Waals surface area contributed by atoms with Crippen LogP contribution in [0.2, 0.25) is 0 Å². The second-order valence-corrected chi connectivity index (χ2v) is 5.39. The summed E-state index contributed by atoms with van der Waals surface area (Å²) in [6.07, 6.45) is 0. The van der Waals surface area contributed by atoms with E-state index in [1.807, 2.05) is 17.5 Å². The largest absolute Gasteiger partial charge is 0.308 e. The summed E-state index contributed by atoms with van der Waals surface area (Å²) in [6.45, 7) is 0.790.